The minimum absolute atomic E-state index is 0.0176. The number of benzene rings is 3. The highest BCUT2D eigenvalue weighted by Gasteiger charge is 2.23. The van der Waals surface area contributed by atoms with Gasteiger partial charge in [0.2, 0.25) is 0 Å². The monoisotopic (exact) mass is 555 g/mol. The summed E-state index contributed by atoms with van der Waals surface area (Å²) in [5.41, 5.74) is 7.92. The maximum absolute atomic E-state index is 12.4. The Morgan fingerprint density at radius 3 is 2.46 bits per heavy atom. The van der Waals surface area contributed by atoms with Gasteiger partial charge in [0, 0.05) is 35.3 Å². The zero-order chi connectivity index (χ0) is 28.6. The van der Waals surface area contributed by atoms with Gasteiger partial charge in [-0.25, -0.2) is 0 Å². The average molecular weight is 556 g/mol. The topological polar surface area (TPSA) is 122 Å². The molecule has 0 radical (unpaired) electrons. The quantitative estimate of drug-likeness (QED) is 0.220. The molecule has 4 aromatic rings. The number of hydrogen-bond acceptors (Lipinski definition) is 8. The number of nitrogens with one attached hydrogen (secondary N) is 1. The molecular formula is C32H33N3O6. The van der Waals surface area contributed by atoms with Crippen molar-refractivity contribution in [3.05, 3.63) is 84.6 Å². The molecule has 1 amide bonds. The standard InChI is InChI=1S/C32H33N3O6/c1-38-29-19-25-27(20-30(29)39-18-16-26(33)32(37)41-23-9-5-6-10-23)34-17-15-28(25)40-24-13-11-22(12-14-24)35-31(36)21-7-3-2-4-8-21/h2-4,7-8,11-15,17,19-20,23,26H,5-6,9-10,16,18,33H2,1H3,(H,35,36)/t26-/m0/s1. The molecule has 0 bridgehead atoms. The number of esters is 1. The molecule has 1 heterocycles. The third-order valence-electron chi connectivity index (χ3n) is 6.94. The number of anilines is 1. The number of fused-ring (bicyclic) bond motifs is 1. The Labute approximate surface area is 238 Å². The Bertz CT molecular complexity index is 1490. The van der Waals surface area contributed by atoms with Crippen LogP contribution in [0.3, 0.4) is 0 Å². The molecule has 0 unspecified atom stereocenters. The molecule has 1 fully saturated rings. The second-order valence-corrected chi connectivity index (χ2v) is 9.86. The van der Waals surface area contributed by atoms with E-state index in [4.69, 9.17) is 24.7 Å². The van der Waals surface area contributed by atoms with Gasteiger partial charge in [-0.3, -0.25) is 14.6 Å². The number of carbonyl (C=O) groups excluding carboxylic acids is 2. The van der Waals surface area contributed by atoms with Crippen molar-refractivity contribution in [2.24, 2.45) is 5.73 Å². The lowest BCUT2D eigenvalue weighted by Crippen LogP contribution is -2.35. The van der Waals surface area contributed by atoms with E-state index in [0.717, 1.165) is 31.1 Å². The Hall–Kier alpha value is -4.63. The lowest BCUT2D eigenvalue weighted by molar-refractivity contribution is -0.150. The first-order valence-electron chi connectivity index (χ1n) is 13.7. The van der Waals surface area contributed by atoms with Crippen molar-refractivity contribution in [1.82, 2.24) is 4.98 Å². The van der Waals surface area contributed by atoms with E-state index in [1.54, 1.807) is 67.9 Å². The van der Waals surface area contributed by atoms with E-state index >= 15 is 0 Å². The van der Waals surface area contributed by atoms with Crippen LogP contribution in [-0.4, -0.2) is 42.7 Å². The van der Waals surface area contributed by atoms with E-state index in [-0.39, 0.29) is 24.6 Å². The first-order valence-corrected chi connectivity index (χ1v) is 13.7. The fraction of sp³-hybridized carbons (Fsp3) is 0.281. The predicted octanol–water partition coefficient (Wildman–Crippen LogP) is 5.87. The first-order chi connectivity index (χ1) is 20.0. The second kappa shape index (κ2) is 13.1. The first kappa shape index (κ1) is 27.9. The molecule has 9 nitrogen and oxygen atoms in total. The molecule has 3 N–H and O–H groups in total. The van der Waals surface area contributed by atoms with Crippen LogP contribution in [0, 0.1) is 0 Å². The minimum atomic E-state index is -0.752. The maximum atomic E-state index is 12.4. The predicted molar refractivity (Wildman–Crippen MR) is 156 cm³/mol. The van der Waals surface area contributed by atoms with Crippen LogP contribution in [0.4, 0.5) is 5.69 Å². The zero-order valence-electron chi connectivity index (χ0n) is 22.9. The van der Waals surface area contributed by atoms with E-state index in [2.05, 4.69) is 10.3 Å². The van der Waals surface area contributed by atoms with Gasteiger partial charge < -0.3 is 30.0 Å². The summed E-state index contributed by atoms with van der Waals surface area (Å²) in [4.78, 5) is 29.2. The maximum Gasteiger partial charge on any atom is 0.323 e. The number of pyridine rings is 1. The van der Waals surface area contributed by atoms with Crippen molar-refractivity contribution >= 4 is 28.5 Å². The number of nitrogens with two attached hydrogens (primary N) is 1. The van der Waals surface area contributed by atoms with E-state index in [9.17, 15) is 9.59 Å². The van der Waals surface area contributed by atoms with Gasteiger partial charge >= 0.3 is 5.97 Å². The lowest BCUT2D eigenvalue weighted by Gasteiger charge is -2.17. The van der Waals surface area contributed by atoms with Gasteiger partial charge in [-0.15, -0.1) is 0 Å². The van der Waals surface area contributed by atoms with Gasteiger partial charge in [0.25, 0.3) is 5.91 Å². The van der Waals surface area contributed by atoms with Crippen LogP contribution in [0.25, 0.3) is 10.9 Å². The zero-order valence-corrected chi connectivity index (χ0v) is 22.9. The van der Waals surface area contributed by atoms with Crippen molar-refractivity contribution in [3.8, 4) is 23.0 Å². The highest BCUT2D eigenvalue weighted by molar-refractivity contribution is 6.04. The molecule has 1 aromatic heterocycles. The Balaban J connectivity index is 1.22. The van der Waals surface area contributed by atoms with Crippen LogP contribution in [-0.2, 0) is 9.53 Å². The molecule has 1 saturated carbocycles. The Morgan fingerprint density at radius 1 is 0.976 bits per heavy atom. The summed E-state index contributed by atoms with van der Waals surface area (Å²) >= 11 is 0. The van der Waals surface area contributed by atoms with Gasteiger partial charge in [-0.05, 0) is 74.2 Å². The molecule has 1 atom stereocenters. The number of methoxy groups -OCH3 is 1. The summed E-state index contributed by atoms with van der Waals surface area (Å²) in [5.74, 6) is 1.58. The Kier molecular flexibility index (Phi) is 8.95. The van der Waals surface area contributed by atoms with Gasteiger partial charge in [-0.2, -0.15) is 0 Å². The molecule has 41 heavy (non-hydrogen) atoms. The molecule has 3 aromatic carbocycles. The molecular weight excluding hydrogens is 522 g/mol. The number of nitrogens with zero attached hydrogens (tertiary/aromatic N) is 1. The van der Waals surface area contributed by atoms with E-state index in [1.807, 2.05) is 18.2 Å². The summed E-state index contributed by atoms with van der Waals surface area (Å²) < 4.78 is 23.2. The molecule has 0 saturated heterocycles. The molecule has 5 rings (SSSR count). The molecule has 1 aliphatic rings. The number of hydrogen-bond donors (Lipinski definition) is 2. The summed E-state index contributed by atoms with van der Waals surface area (Å²) in [5, 5.41) is 3.61. The van der Waals surface area contributed by atoms with Crippen molar-refractivity contribution in [3.63, 3.8) is 0 Å². The van der Waals surface area contributed by atoms with Crippen LogP contribution < -0.4 is 25.3 Å². The molecule has 0 spiro atoms. The van der Waals surface area contributed by atoms with Gasteiger partial charge in [0.1, 0.15) is 23.6 Å². The Morgan fingerprint density at radius 2 is 1.73 bits per heavy atom. The van der Waals surface area contributed by atoms with Crippen LogP contribution in [0.2, 0.25) is 0 Å². The van der Waals surface area contributed by atoms with E-state index in [1.165, 1.54) is 0 Å². The van der Waals surface area contributed by atoms with Crippen LogP contribution in [0.15, 0.2) is 79.0 Å². The molecule has 0 aliphatic heterocycles. The smallest absolute Gasteiger partial charge is 0.323 e. The summed E-state index contributed by atoms with van der Waals surface area (Å²) in [6.45, 7) is 0.214. The number of aromatic nitrogens is 1. The molecule has 212 valence electrons. The van der Waals surface area contributed by atoms with Gasteiger partial charge in [0.05, 0.1) is 19.2 Å². The number of rotatable bonds is 11. The van der Waals surface area contributed by atoms with Crippen molar-refractivity contribution in [2.75, 3.05) is 19.0 Å². The third kappa shape index (κ3) is 7.12. The van der Waals surface area contributed by atoms with Gasteiger partial charge in [-0.1, -0.05) is 18.2 Å². The second-order valence-electron chi connectivity index (χ2n) is 9.86. The number of ether oxygens (including phenoxy) is 4. The van der Waals surface area contributed by atoms with Crippen molar-refractivity contribution < 1.29 is 28.5 Å². The highest BCUT2D eigenvalue weighted by atomic mass is 16.5. The van der Waals surface area contributed by atoms with Crippen molar-refractivity contribution in [1.29, 1.82) is 0 Å². The normalized spacial score (nSPS) is 13.9. The fourth-order valence-corrected chi connectivity index (χ4v) is 4.69. The van der Waals surface area contributed by atoms with Gasteiger partial charge in [0.15, 0.2) is 11.5 Å². The summed E-state index contributed by atoms with van der Waals surface area (Å²) in [6, 6.07) is 20.7. The van der Waals surface area contributed by atoms with E-state index < -0.39 is 6.04 Å². The molecule has 1 aliphatic carbocycles. The van der Waals surface area contributed by atoms with Crippen LogP contribution in [0.5, 0.6) is 23.0 Å². The average Bonchev–Trinajstić information content (AvgIpc) is 3.51. The van der Waals surface area contributed by atoms with Crippen LogP contribution >= 0.6 is 0 Å². The van der Waals surface area contributed by atoms with E-state index in [0.29, 0.717) is 46.2 Å². The third-order valence-corrected chi connectivity index (χ3v) is 6.94. The summed E-state index contributed by atoms with van der Waals surface area (Å²) in [7, 11) is 1.55. The highest BCUT2D eigenvalue weighted by Crippen LogP contribution is 2.37. The lowest BCUT2D eigenvalue weighted by atomic mass is 10.1. The molecule has 9 heteroatoms. The minimum Gasteiger partial charge on any atom is -0.493 e. The number of carbonyl (C=O) groups is 2. The SMILES string of the molecule is COc1cc2c(Oc3ccc(NC(=O)c4ccccc4)cc3)ccnc2cc1OCC[C@H](N)C(=O)OC1CCCC1. The summed E-state index contributed by atoms with van der Waals surface area (Å²) in [6.07, 6.45) is 5.92. The number of amides is 1. The fourth-order valence-electron chi connectivity index (χ4n) is 4.69. The largest absolute Gasteiger partial charge is 0.493 e. The van der Waals surface area contributed by atoms with Crippen LogP contribution in [0.1, 0.15) is 42.5 Å². The van der Waals surface area contributed by atoms with Crippen molar-refractivity contribution in [2.45, 2.75) is 44.2 Å².